The van der Waals surface area contributed by atoms with E-state index in [4.69, 9.17) is 4.74 Å². The molecule has 2 heterocycles. The van der Waals surface area contributed by atoms with Crippen LogP contribution < -0.4 is 5.32 Å². The normalized spacial score (nSPS) is 17.7. The maximum absolute atomic E-state index is 12.1. The number of carbonyl (C=O) groups is 3. The molecule has 2 aromatic rings. The fraction of sp³-hybridized carbons (Fsp3) is 0.333. The minimum absolute atomic E-state index is 0.0381. The highest BCUT2D eigenvalue weighted by molar-refractivity contribution is 7.11. The summed E-state index contributed by atoms with van der Waals surface area (Å²) in [5.74, 6) is -0.760. The Balaban J connectivity index is 1.48. The third-order valence-corrected chi connectivity index (χ3v) is 4.80. The molecule has 1 aromatic heterocycles. The Labute approximate surface area is 155 Å². The summed E-state index contributed by atoms with van der Waals surface area (Å²) >= 11 is 1.21. The molecule has 1 unspecified atom stereocenters. The van der Waals surface area contributed by atoms with E-state index in [1.165, 1.54) is 17.5 Å². The smallest absolute Gasteiger partial charge is 0.320 e. The van der Waals surface area contributed by atoms with E-state index in [2.05, 4.69) is 10.3 Å². The summed E-state index contributed by atoms with van der Waals surface area (Å²) in [5.41, 5.74) is 0.920. The average Bonchev–Trinajstić information content (AvgIpc) is 3.18. The number of amides is 1. The van der Waals surface area contributed by atoms with Crippen molar-refractivity contribution in [3.63, 3.8) is 0 Å². The number of nitrogens with zero attached hydrogens (tertiary/aromatic N) is 2. The molecule has 0 radical (unpaired) electrons. The van der Waals surface area contributed by atoms with Gasteiger partial charge in [-0.15, -0.1) is 11.3 Å². The zero-order valence-corrected chi connectivity index (χ0v) is 14.9. The quantitative estimate of drug-likeness (QED) is 0.767. The number of likely N-dealkylation sites (tertiary alicyclic amines) is 1. The van der Waals surface area contributed by atoms with Gasteiger partial charge in [-0.1, -0.05) is 30.3 Å². The number of esters is 1. The largest absolute Gasteiger partial charge is 0.460 e. The number of ketones is 1. The van der Waals surface area contributed by atoms with E-state index in [1.54, 1.807) is 5.38 Å². The summed E-state index contributed by atoms with van der Waals surface area (Å²) in [6.45, 7) is 1.07. The summed E-state index contributed by atoms with van der Waals surface area (Å²) < 4.78 is 5.27. The first-order valence-electron chi connectivity index (χ1n) is 8.27. The first-order chi connectivity index (χ1) is 12.6. The summed E-state index contributed by atoms with van der Waals surface area (Å²) in [5, 5.41) is 4.72. The van der Waals surface area contributed by atoms with E-state index in [-0.39, 0.29) is 43.8 Å². The van der Waals surface area contributed by atoms with Crippen LogP contribution in [0, 0.1) is 0 Å². The molecular weight excluding hydrogens is 354 g/mol. The second-order valence-electron chi connectivity index (χ2n) is 5.96. The molecule has 1 atom stereocenters. The molecule has 0 aliphatic carbocycles. The van der Waals surface area contributed by atoms with Gasteiger partial charge in [0.2, 0.25) is 0 Å². The minimum atomic E-state index is -0.637. The Kier molecular flexibility index (Phi) is 6.08. The molecule has 1 amide bonds. The van der Waals surface area contributed by atoms with Crippen molar-refractivity contribution in [2.45, 2.75) is 19.1 Å². The van der Waals surface area contributed by atoms with Crippen molar-refractivity contribution in [3.05, 3.63) is 52.5 Å². The topological polar surface area (TPSA) is 88.6 Å². The molecule has 1 aliphatic rings. The number of aromatic nitrogens is 1. The third kappa shape index (κ3) is 4.96. The number of piperidine rings is 1. The molecule has 8 heteroatoms. The van der Waals surface area contributed by atoms with Crippen LogP contribution in [0.3, 0.4) is 0 Å². The molecule has 0 bridgehead atoms. The SMILES string of the molecule is O=C(CN1CCC(=O)C(NC(=O)c2nccs2)C1)OCc1ccccc1. The first kappa shape index (κ1) is 18.2. The number of nitrogens with one attached hydrogen (secondary N) is 1. The minimum Gasteiger partial charge on any atom is -0.460 e. The maximum atomic E-state index is 12.1. The van der Waals surface area contributed by atoms with Crippen LogP contribution in [0.1, 0.15) is 21.8 Å². The number of hydrogen-bond donors (Lipinski definition) is 1. The molecule has 1 N–H and O–H groups in total. The van der Waals surface area contributed by atoms with Gasteiger partial charge in [-0.3, -0.25) is 19.3 Å². The summed E-state index contributed by atoms with van der Waals surface area (Å²) in [6.07, 6.45) is 1.83. The highest BCUT2D eigenvalue weighted by Crippen LogP contribution is 2.10. The van der Waals surface area contributed by atoms with Crippen molar-refractivity contribution in [2.75, 3.05) is 19.6 Å². The molecule has 1 fully saturated rings. The maximum Gasteiger partial charge on any atom is 0.320 e. The number of Topliss-reactive ketones (excluding diaryl/α,β-unsaturated/α-hetero) is 1. The van der Waals surface area contributed by atoms with E-state index in [1.807, 2.05) is 35.2 Å². The van der Waals surface area contributed by atoms with Gasteiger partial charge < -0.3 is 10.1 Å². The average molecular weight is 373 g/mol. The van der Waals surface area contributed by atoms with Crippen molar-refractivity contribution in [2.24, 2.45) is 0 Å². The number of ether oxygens (including phenoxy) is 1. The number of thiazole rings is 1. The zero-order chi connectivity index (χ0) is 18.4. The predicted octanol–water partition coefficient (Wildman–Crippen LogP) is 1.26. The highest BCUT2D eigenvalue weighted by atomic mass is 32.1. The molecule has 3 rings (SSSR count). The molecule has 26 heavy (non-hydrogen) atoms. The molecule has 7 nitrogen and oxygen atoms in total. The van der Waals surface area contributed by atoms with E-state index in [0.29, 0.717) is 11.6 Å². The standard InChI is InChI=1S/C18H19N3O4S/c22-15-6-8-21(10-14(15)20-17(24)18-19-7-9-26-18)11-16(23)25-12-13-4-2-1-3-5-13/h1-5,7,9,14H,6,8,10-12H2,(H,20,24). The molecule has 0 saturated carbocycles. The zero-order valence-electron chi connectivity index (χ0n) is 14.1. The van der Waals surface area contributed by atoms with E-state index < -0.39 is 6.04 Å². The predicted molar refractivity (Wildman–Crippen MR) is 95.7 cm³/mol. The van der Waals surface area contributed by atoms with E-state index in [0.717, 1.165) is 5.56 Å². The number of rotatable bonds is 6. The molecule has 1 aromatic carbocycles. The lowest BCUT2D eigenvalue weighted by Crippen LogP contribution is -2.54. The lowest BCUT2D eigenvalue weighted by atomic mass is 10.0. The van der Waals surface area contributed by atoms with Gasteiger partial charge in [0.25, 0.3) is 5.91 Å². The monoisotopic (exact) mass is 373 g/mol. The molecule has 1 aliphatic heterocycles. The number of benzene rings is 1. The fourth-order valence-electron chi connectivity index (χ4n) is 2.69. The van der Waals surface area contributed by atoms with Gasteiger partial charge in [-0.25, -0.2) is 4.98 Å². The third-order valence-electron chi connectivity index (χ3n) is 4.03. The fourth-order valence-corrected chi connectivity index (χ4v) is 3.22. The van der Waals surface area contributed by atoms with Gasteiger partial charge >= 0.3 is 5.97 Å². The Morgan fingerprint density at radius 1 is 1.31 bits per heavy atom. The van der Waals surface area contributed by atoms with Crippen molar-refractivity contribution in [1.29, 1.82) is 0 Å². The van der Waals surface area contributed by atoms with E-state index in [9.17, 15) is 14.4 Å². The van der Waals surface area contributed by atoms with Crippen LogP contribution in [0.4, 0.5) is 0 Å². The van der Waals surface area contributed by atoms with Crippen molar-refractivity contribution in [1.82, 2.24) is 15.2 Å². The van der Waals surface area contributed by atoms with Crippen LogP contribution in [-0.2, 0) is 20.9 Å². The van der Waals surface area contributed by atoms with Crippen LogP contribution in [0.25, 0.3) is 0 Å². The van der Waals surface area contributed by atoms with Gasteiger partial charge in [0.15, 0.2) is 10.8 Å². The molecule has 136 valence electrons. The molecule has 0 spiro atoms. The van der Waals surface area contributed by atoms with Gasteiger partial charge in [0.1, 0.15) is 12.6 Å². The first-order valence-corrected chi connectivity index (χ1v) is 9.15. The van der Waals surface area contributed by atoms with Gasteiger partial charge in [-0.05, 0) is 5.56 Å². The second kappa shape index (κ2) is 8.68. The highest BCUT2D eigenvalue weighted by Gasteiger charge is 2.30. The van der Waals surface area contributed by atoms with Crippen molar-refractivity contribution >= 4 is 29.0 Å². The second-order valence-corrected chi connectivity index (χ2v) is 6.86. The lowest BCUT2D eigenvalue weighted by molar-refractivity contribution is -0.147. The van der Waals surface area contributed by atoms with Crippen LogP contribution in [-0.4, -0.2) is 53.2 Å². The van der Waals surface area contributed by atoms with Gasteiger partial charge in [-0.2, -0.15) is 0 Å². The number of hydrogen-bond acceptors (Lipinski definition) is 7. The molecule has 1 saturated heterocycles. The van der Waals surface area contributed by atoms with E-state index >= 15 is 0 Å². The Hall–Kier alpha value is -2.58. The lowest BCUT2D eigenvalue weighted by Gasteiger charge is -2.31. The Morgan fingerprint density at radius 2 is 2.12 bits per heavy atom. The number of carbonyl (C=O) groups excluding carboxylic acids is 3. The van der Waals surface area contributed by atoms with Gasteiger partial charge in [0.05, 0.1) is 6.54 Å². The van der Waals surface area contributed by atoms with Crippen molar-refractivity contribution < 1.29 is 19.1 Å². The van der Waals surface area contributed by atoms with Crippen molar-refractivity contribution in [3.8, 4) is 0 Å². The molecular formula is C18H19N3O4S. The Morgan fingerprint density at radius 3 is 2.85 bits per heavy atom. The Bertz CT molecular complexity index is 764. The van der Waals surface area contributed by atoms with Gasteiger partial charge in [0, 0.05) is 31.1 Å². The van der Waals surface area contributed by atoms with Crippen LogP contribution in [0.2, 0.25) is 0 Å². The summed E-state index contributed by atoms with van der Waals surface area (Å²) in [4.78, 5) is 41.9. The van der Waals surface area contributed by atoms with Crippen LogP contribution in [0.15, 0.2) is 41.9 Å². The summed E-state index contributed by atoms with van der Waals surface area (Å²) in [6, 6.07) is 8.80. The van der Waals surface area contributed by atoms with Crippen LogP contribution in [0.5, 0.6) is 0 Å². The summed E-state index contributed by atoms with van der Waals surface area (Å²) in [7, 11) is 0. The van der Waals surface area contributed by atoms with Crippen LogP contribution >= 0.6 is 11.3 Å².